The van der Waals surface area contributed by atoms with Crippen LogP contribution < -0.4 is 5.32 Å². The van der Waals surface area contributed by atoms with Crippen molar-refractivity contribution in [2.75, 3.05) is 13.1 Å². The van der Waals surface area contributed by atoms with Gasteiger partial charge in [-0.25, -0.2) is 9.78 Å². The van der Waals surface area contributed by atoms with Crippen molar-refractivity contribution in [1.29, 1.82) is 0 Å². The fourth-order valence-corrected chi connectivity index (χ4v) is 3.22. The van der Waals surface area contributed by atoms with E-state index in [4.69, 9.17) is 4.74 Å². The van der Waals surface area contributed by atoms with Crippen LogP contribution in [0.15, 0.2) is 22.9 Å². The summed E-state index contributed by atoms with van der Waals surface area (Å²) in [4.78, 5) is 17.2. The van der Waals surface area contributed by atoms with Gasteiger partial charge in [-0.2, -0.15) is 13.2 Å². The Balaban J connectivity index is 2.11. The molecule has 2 atom stereocenters. The topological polar surface area (TPSA) is 54.5 Å². The van der Waals surface area contributed by atoms with Crippen LogP contribution in [0.25, 0.3) is 0 Å². The van der Waals surface area contributed by atoms with E-state index < -0.39 is 30.0 Å². The summed E-state index contributed by atoms with van der Waals surface area (Å²) in [6.07, 6.45) is -2.66. The van der Waals surface area contributed by atoms with Crippen molar-refractivity contribution in [2.24, 2.45) is 0 Å². The van der Waals surface area contributed by atoms with Crippen LogP contribution in [0.1, 0.15) is 45.2 Å². The summed E-state index contributed by atoms with van der Waals surface area (Å²) in [5, 5.41) is 2.68. The average Bonchev–Trinajstić information content (AvgIpc) is 2.46. The van der Waals surface area contributed by atoms with Crippen LogP contribution in [0, 0.1) is 0 Å². The number of hydrogen-bond donors (Lipinski definition) is 1. The summed E-state index contributed by atoms with van der Waals surface area (Å²) in [7, 11) is 0. The zero-order valence-electron chi connectivity index (χ0n) is 14.9. The summed E-state index contributed by atoms with van der Waals surface area (Å²) in [5.41, 5.74) is -0.575. The van der Waals surface area contributed by atoms with E-state index in [1.807, 2.05) is 0 Å². The first-order valence-electron chi connectivity index (χ1n) is 8.37. The number of piperidine rings is 1. The first kappa shape index (κ1) is 21.0. The Morgan fingerprint density at radius 3 is 2.62 bits per heavy atom. The molecule has 1 aliphatic rings. The molecule has 1 aliphatic heterocycles. The quantitative estimate of drug-likeness (QED) is 0.710. The molecule has 9 heteroatoms. The fourth-order valence-electron chi connectivity index (χ4n) is 2.99. The van der Waals surface area contributed by atoms with Crippen LogP contribution in [0.3, 0.4) is 0 Å². The van der Waals surface area contributed by atoms with Gasteiger partial charge in [0.1, 0.15) is 16.2 Å². The Bertz CT molecular complexity index is 617. The number of amides is 1. The predicted octanol–water partition coefficient (Wildman–Crippen LogP) is 4.44. The monoisotopic (exact) mass is 437 g/mol. The third-order valence-electron chi connectivity index (χ3n) is 3.91. The molecule has 1 unspecified atom stereocenters. The Morgan fingerprint density at radius 1 is 1.38 bits per heavy atom. The van der Waals surface area contributed by atoms with E-state index in [2.05, 4.69) is 26.2 Å². The van der Waals surface area contributed by atoms with Gasteiger partial charge in [-0.05, 0) is 67.7 Å². The first-order chi connectivity index (χ1) is 12.0. The summed E-state index contributed by atoms with van der Waals surface area (Å²) < 4.78 is 46.8. The van der Waals surface area contributed by atoms with Gasteiger partial charge >= 0.3 is 12.3 Å². The molecular formula is C17H23BrF3N3O2. The van der Waals surface area contributed by atoms with Gasteiger partial charge in [0, 0.05) is 18.8 Å². The number of carbonyl (C=O) groups is 1. The lowest BCUT2D eigenvalue weighted by atomic mass is 10.00. The van der Waals surface area contributed by atoms with Crippen molar-refractivity contribution in [2.45, 2.75) is 57.5 Å². The number of alkyl carbamates (subject to hydrolysis) is 1. The number of alkyl halides is 3. The molecule has 146 valence electrons. The molecule has 0 spiro atoms. The number of halogens is 4. The largest absolute Gasteiger partial charge is 0.444 e. The maximum atomic E-state index is 13.7. The van der Waals surface area contributed by atoms with Gasteiger partial charge in [-0.15, -0.1) is 0 Å². The maximum absolute atomic E-state index is 13.7. The van der Waals surface area contributed by atoms with Crippen molar-refractivity contribution in [3.8, 4) is 0 Å². The fraction of sp³-hybridized carbons (Fsp3) is 0.647. The number of pyridine rings is 1. The molecule has 0 radical (unpaired) electrons. The second-order valence-electron chi connectivity index (χ2n) is 7.34. The van der Waals surface area contributed by atoms with Crippen molar-refractivity contribution in [3.05, 3.63) is 28.5 Å². The Labute approximate surface area is 159 Å². The van der Waals surface area contributed by atoms with E-state index in [0.717, 1.165) is 0 Å². The minimum Gasteiger partial charge on any atom is -0.444 e. The van der Waals surface area contributed by atoms with Gasteiger partial charge < -0.3 is 10.1 Å². The molecule has 1 amide bonds. The van der Waals surface area contributed by atoms with Crippen molar-refractivity contribution in [3.63, 3.8) is 0 Å². The zero-order chi connectivity index (χ0) is 19.5. The molecule has 0 saturated carbocycles. The highest BCUT2D eigenvalue weighted by molar-refractivity contribution is 9.10. The molecule has 2 rings (SSSR count). The third kappa shape index (κ3) is 6.12. The van der Waals surface area contributed by atoms with Crippen LogP contribution in [0.5, 0.6) is 0 Å². The number of ether oxygens (including phenoxy) is 1. The van der Waals surface area contributed by atoms with Crippen molar-refractivity contribution in [1.82, 2.24) is 15.2 Å². The van der Waals surface area contributed by atoms with Gasteiger partial charge in [-0.3, -0.25) is 4.90 Å². The Kier molecular flexibility index (Phi) is 6.55. The molecule has 1 aromatic rings. The molecule has 5 nitrogen and oxygen atoms in total. The van der Waals surface area contributed by atoms with Gasteiger partial charge in [0.05, 0.1) is 0 Å². The van der Waals surface area contributed by atoms with Crippen LogP contribution in [0.4, 0.5) is 18.0 Å². The minimum atomic E-state index is -4.44. The average molecular weight is 438 g/mol. The molecule has 1 fully saturated rings. The van der Waals surface area contributed by atoms with E-state index in [1.165, 1.54) is 23.2 Å². The smallest absolute Gasteiger partial charge is 0.408 e. The number of nitrogens with one attached hydrogen (secondary N) is 1. The van der Waals surface area contributed by atoms with Crippen molar-refractivity contribution < 1.29 is 22.7 Å². The molecule has 0 aliphatic carbocycles. The second-order valence-corrected chi connectivity index (χ2v) is 8.15. The predicted molar refractivity (Wildman–Crippen MR) is 94.7 cm³/mol. The molecule has 0 aromatic carbocycles. The highest BCUT2D eigenvalue weighted by Crippen LogP contribution is 2.39. The standard InChI is InChI=1S/C17H23BrF3N3O2/c1-16(2,3)26-15(25)23-12-5-4-8-24(10-12)14(17(19,20)21)11-6-7-13(18)22-9-11/h6-7,9,12,14H,4-5,8,10H2,1-3H3,(H,23,25)/t12-,14?/m0/s1. The van der Waals surface area contributed by atoms with Gasteiger partial charge in [0.25, 0.3) is 0 Å². The van der Waals surface area contributed by atoms with Crippen LogP contribution in [0.2, 0.25) is 0 Å². The summed E-state index contributed by atoms with van der Waals surface area (Å²) >= 11 is 3.13. The van der Waals surface area contributed by atoms with Crippen LogP contribution >= 0.6 is 15.9 Å². The number of rotatable bonds is 3. The number of aromatic nitrogens is 1. The van der Waals surface area contributed by atoms with E-state index in [9.17, 15) is 18.0 Å². The lowest BCUT2D eigenvalue weighted by molar-refractivity contribution is -0.189. The summed E-state index contributed by atoms with van der Waals surface area (Å²) in [5.74, 6) is 0. The normalized spacial score (nSPS) is 20.5. The second kappa shape index (κ2) is 8.12. The van der Waals surface area contributed by atoms with E-state index in [-0.39, 0.29) is 12.1 Å². The van der Waals surface area contributed by atoms with E-state index in [0.29, 0.717) is 24.0 Å². The lowest BCUT2D eigenvalue weighted by Gasteiger charge is -2.39. The molecule has 26 heavy (non-hydrogen) atoms. The lowest BCUT2D eigenvalue weighted by Crippen LogP contribution is -2.52. The van der Waals surface area contributed by atoms with E-state index in [1.54, 1.807) is 20.8 Å². The molecule has 1 N–H and O–H groups in total. The molecule has 0 bridgehead atoms. The number of hydrogen-bond acceptors (Lipinski definition) is 4. The number of nitrogens with zero attached hydrogens (tertiary/aromatic N) is 2. The summed E-state index contributed by atoms with van der Waals surface area (Å²) in [6.45, 7) is 5.60. The molecular weight excluding hydrogens is 415 g/mol. The molecule has 1 saturated heterocycles. The van der Waals surface area contributed by atoms with Crippen LogP contribution in [-0.4, -0.2) is 46.9 Å². The van der Waals surface area contributed by atoms with Gasteiger partial charge in [0.15, 0.2) is 0 Å². The third-order valence-corrected chi connectivity index (χ3v) is 4.38. The highest BCUT2D eigenvalue weighted by Gasteiger charge is 2.46. The minimum absolute atomic E-state index is 0.0821. The zero-order valence-corrected chi connectivity index (χ0v) is 16.5. The van der Waals surface area contributed by atoms with Gasteiger partial charge in [0.2, 0.25) is 0 Å². The van der Waals surface area contributed by atoms with Gasteiger partial charge in [-0.1, -0.05) is 6.07 Å². The van der Waals surface area contributed by atoms with Crippen LogP contribution in [-0.2, 0) is 4.74 Å². The Hall–Kier alpha value is -1.35. The highest BCUT2D eigenvalue weighted by atomic mass is 79.9. The maximum Gasteiger partial charge on any atom is 0.408 e. The SMILES string of the molecule is CC(C)(C)OC(=O)N[C@H]1CCCN(C(c2ccc(Br)nc2)C(F)(F)F)C1. The van der Waals surface area contributed by atoms with Crippen molar-refractivity contribution >= 4 is 22.0 Å². The number of carbonyl (C=O) groups excluding carboxylic acids is 1. The van der Waals surface area contributed by atoms with E-state index >= 15 is 0 Å². The molecule has 2 heterocycles. The molecule has 1 aromatic heterocycles. The first-order valence-corrected chi connectivity index (χ1v) is 9.17. The number of likely N-dealkylation sites (tertiary alicyclic amines) is 1. The summed E-state index contributed by atoms with van der Waals surface area (Å²) in [6, 6.07) is 0.757. The Morgan fingerprint density at radius 2 is 2.08 bits per heavy atom.